The molecule has 2 aromatic heterocycles. The topological polar surface area (TPSA) is 71.5 Å². The van der Waals surface area contributed by atoms with Crippen molar-refractivity contribution in [3.63, 3.8) is 0 Å². The van der Waals surface area contributed by atoms with E-state index in [0.29, 0.717) is 22.2 Å². The van der Waals surface area contributed by atoms with Crippen LogP contribution >= 0.6 is 11.6 Å². The summed E-state index contributed by atoms with van der Waals surface area (Å²) in [7, 11) is 0. The fraction of sp³-hybridized carbons (Fsp3) is 0.111. The van der Waals surface area contributed by atoms with Crippen LogP contribution in [0.1, 0.15) is 11.6 Å². The third-order valence-corrected chi connectivity index (χ3v) is 3.69. The van der Waals surface area contributed by atoms with Crippen LogP contribution in [0.25, 0.3) is 21.8 Å². The van der Waals surface area contributed by atoms with Crippen LogP contribution in [0, 0.1) is 13.8 Å². The van der Waals surface area contributed by atoms with Crippen molar-refractivity contribution in [3.05, 3.63) is 75.7 Å². The molecular weight excluding hydrogens is 324 g/mol. The Labute approximate surface area is 143 Å². The van der Waals surface area contributed by atoms with Gasteiger partial charge in [0.25, 0.3) is 5.56 Å². The van der Waals surface area contributed by atoms with Gasteiger partial charge in [-0.3, -0.25) is 4.79 Å². The molecule has 0 fully saturated rings. The number of hydrogen-bond donors (Lipinski definition) is 1. The van der Waals surface area contributed by atoms with Crippen molar-refractivity contribution in [2.75, 3.05) is 0 Å². The van der Waals surface area contributed by atoms with E-state index < -0.39 is 0 Å². The summed E-state index contributed by atoms with van der Waals surface area (Å²) in [4.78, 5) is 26.4. The zero-order valence-corrected chi connectivity index (χ0v) is 14.0. The number of benzene rings is 2. The monoisotopic (exact) mass is 338 g/mol. The Morgan fingerprint density at radius 3 is 2.12 bits per heavy atom. The van der Waals surface area contributed by atoms with Crippen LogP contribution in [0.15, 0.2) is 53.3 Å². The highest BCUT2D eigenvalue weighted by Gasteiger charge is 2.00. The molecule has 0 saturated carbocycles. The molecule has 0 radical (unpaired) electrons. The van der Waals surface area contributed by atoms with Crippen LogP contribution < -0.4 is 5.56 Å². The van der Waals surface area contributed by atoms with Gasteiger partial charge in [0.05, 0.1) is 16.4 Å². The summed E-state index contributed by atoms with van der Waals surface area (Å²) in [6, 6.07) is 15.0. The molecule has 0 spiro atoms. The standard InChI is InChI=1S/C9H7ClN2.C9H8N2O/c1-6-11-8-5-3-2-4-7(8)9(10)12-6;1-6-10-8-5-3-2-4-7(8)9(12)11-6/h2-5H,1H3;2-5H,1H3,(H,10,11,12). The second-order valence-electron chi connectivity index (χ2n) is 5.25. The van der Waals surface area contributed by atoms with E-state index in [4.69, 9.17) is 11.6 Å². The molecule has 0 aliphatic heterocycles. The van der Waals surface area contributed by atoms with Crippen molar-refractivity contribution in [2.45, 2.75) is 13.8 Å². The molecule has 0 aliphatic rings. The molecule has 2 heterocycles. The molecule has 4 rings (SSSR count). The number of para-hydroxylation sites is 2. The van der Waals surface area contributed by atoms with Crippen molar-refractivity contribution in [1.82, 2.24) is 19.9 Å². The molecule has 0 amide bonds. The van der Waals surface area contributed by atoms with Gasteiger partial charge in [-0.1, -0.05) is 35.9 Å². The zero-order valence-electron chi connectivity index (χ0n) is 13.2. The molecule has 2 aromatic carbocycles. The van der Waals surface area contributed by atoms with Gasteiger partial charge in [-0.25, -0.2) is 15.0 Å². The van der Waals surface area contributed by atoms with E-state index in [0.717, 1.165) is 16.4 Å². The zero-order chi connectivity index (χ0) is 17.1. The molecule has 4 aromatic rings. The third kappa shape index (κ3) is 3.41. The predicted molar refractivity (Wildman–Crippen MR) is 96.4 cm³/mol. The second kappa shape index (κ2) is 6.76. The summed E-state index contributed by atoms with van der Waals surface area (Å²) < 4.78 is 0. The molecule has 0 unspecified atom stereocenters. The average molecular weight is 339 g/mol. The Hall–Kier alpha value is -2.79. The first-order chi connectivity index (χ1) is 11.5. The van der Waals surface area contributed by atoms with E-state index in [1.54, 1.807) is 13.0 Å². The van der Waals surface area contributed by atoms with Crippen LogP contribution in [-0.4, -0.2) is 19.9 Å². The van der Waals surface area contributed by atoms with Crippen molar-refractivity contribution >= 4 is 33.4 Å². The number of H-pyrrole nitrogens is 1. The Bertz CT molecular complexity index is 1080. The van der Waals surface area contributed by atoms with Gasteiger partial charge in [0.15, 0.2) is 0 Å². The number of aromatic nitrogens is 4. The van der Waals surface area contributed by atoms with Gasteiger partial charge in [-0.15, -0.1) is 0 Å². The number of hydrogen-bond acceptors (Lipinski definition) is 4. The SMILES string of the molecule is Cc1nc(Cl)c2ccccc2n1.Cc1nc2ccccc2c(=O)[nH]1. The van der Waals surface area contributed by atoms with Crippen LogP contribution in [0.2, 0.25) is 5.15 Å². The first-order valence-electron chi connectivity index (χ1n) is 7.39. The van der Waals surface area contributed by atoms with E-state index >= 15 is 0 Å². The molecule has 0 saturated heterocycles. The number of halogens is 1. The predicted octanol–water partition coefficient (Wildman–Crippen LogP) is 3.82. The summed E-state index contributed by atoms with van der Waals surface area (Å²) in [5, 5.41) is 2.07. The Morgan fingerprint density at radius 2 is 1.42 bits per heavy atom. The molecule has 0 bridgehead atoms. The maximum Gasteiger partial charge on any atom is 0.258 e. The van der Waals surface area contributed by atoms with Gasteiger partial charge in [0.2, 0.25) is 0 Å². The van der Waals surface area contributed by atoms with Gasteiger partial charge >= 0.3 is 0 Å². The highest BCUT2D eigenvalue weighted by molar-refractivity contribution is 6.34. The van der Waals surface area contributed by atoms with E-state index in [2.05, 4.69) is 19.9 Å². The first-order valence-corrected chi connectivity index (χ1v) is 7.77. The summed E-state index contributed by atoms with van der Waals surface area (Å²) in [6.07, 6.45) is 0. The average Bonchev–Trinajstić information content (AvgIpc) is 2.55. The minimum absolute atomic E-state index is 0.0712. The molecule has 6 heteroatoms. The van der Waals surface area contributed by atoms with E-state index in [-0.39, 0.29) is 5.56 Å². The molecular formula is C18H15ClN4O. The lowest BCUT2D eigenvalue weighted by Gasteiger charge is -1.99. The number of aryl methyl sites for hydroxylation is 2. The fourth-order valence-corrected chi connectivity index (χ4v) is 2.63. The normalized spacial score (nSPS) is 10.5. The lowest BCUT2D eigenvalue weighted by molar-refractivity contribution is 1.06. The quantitative estimate of drug-likeness (QED) is 0.495. The fourth-order valence-electron chi connectivity index (χ4n) is 2.35. The largest absolute Gasteiger partial charge is 0.310 e. The number of nitrogens with zero attached hydrogens (tertiary/aromatic N) is 3. The van der Waals surface area contributed by atoms with Crippen molar-refractivity contribution in [2.24, 2.45) is 0 Å². The highest BCUT2D eigenvalue weighted by atomic mass is 35.5. The van der Waals surface area contributed by atoms with Crippen molar-refractivity contribution in [1.29, 1.82) is 0 Å². The first kappa shape index (κ1) is 16.1. The van der Waals surface area contributed by atoms with Crippen LogP contribution in [-0.2, 0) is 0 Å². The van der Waals surface area contributed by atoms with E-state index in [9.17, 15) is 4.79 Å². The number of fused-ring (bicyclic) bond motifs is 2. The minimum Gasteiger partial charge on any atom is -0.310 e. The van der Waals surface area contributed by atoms with Crippen LogP contribution in [0.5, 0.6) is 0 Å². The molecule has 0 atom stereocenters. The lowest BCUT2D eigenvalue weighted by Crippen LogP contribution is -2.09. The minimum atomic E-state index is -0.0712. The van der Waals surface area contributed by atoms with Gasteiger partial charge in [0.1, 0.15) is 16.8 Å². The number of aromatic amines is 1. The van der Waals surface area contributed by atoms with Crippen LogP contribution in [0.3, 0.4) is 0 Å². The van der Waals surface area contributed by atoms with Gasteiger partial charge < -0.3 is 4.98 Å². The Kier molecular flexibility index (Phi) is 4.53. The summed E-state index contributed by atoms with van der Waals surface area (Å²) in [5.74, 6) is 1.36. The van der Waals surface area contributed by atoms with Gasteiger partial charge in [-0.05, 0) is 38.1 Å². The van der Waals surface area contributed by atoms with Crippen molar-refractivity contribution in [3.8, 4) is 0 Å². The summed E-state index contributed by atoms with van der Waals surface area (Å²) in [6.45, 7) is 3.60. The highest BCUT2D eigenvalue weighted by Crippen LogP contribution is 2.19. The summed E-state index contributed by atoms with van der Waals surface area (Å²) >= 11 is 5.91. The van der Waals surface area contributed by atoms with Gasteiger partial charge in [-0.2, -0.15) is 0 Å². The molecule has 5 nitrogen and oxygen atoms in total. The lowest BCUT2D eigenvalue weighted by atomic mass is 10.2. The summed E-state index contributed by atoms with van der Waals surface area (Å²) in [5.41, 5.74) is 1.58. The van der Waals surface area contributed by atoms with Gasteiger partial charge in [0, 0.05) is 5.39 Å². The molecule has 1 N–H and O–H groups in total. The van der Waals surface area contributed by atoms with E-state index in [1.165, 1.54) is 0 Å². The smallest absolute Gasteiger partial charge is 0.258 e. The van der Waals surface area contributed by atoms with Crippen molar-refractivity contribution < 1.29 is 0 Å². The number of nitrogens with one attached hydrogen (secondary N) is 1. The second-order valence-corrected chi connectivity index (χ2v) is 5.61. The maximum atomic E-state index is 11.3. The third-order valence-electron chi connectivity index (χ3n) is 3.40. The number of rotatable bonds is 0. The molecule has 24 heavy (non-hydrogen) atoms. The molecule has 0 aliphatic carbocycles. The molecule has 120 valence electrons. The van der Waals surface area contributed by atoms with E-state index in [1.807, 2.05) is 49.4 Å². The maximum absolute atomic E-state index is 11.3. The Balaban J connectivity index is 0.000000141. The Morgan fingerprint density at radius 1 is 0.833 bits per heavy atom. The van der Waals surface area contributed by atoms with Crippen LogP contribution in [0.4, 0.5) is 0 Å².